The summed E-state index contributed by atoms with van der Waals surface area (Å²) >= 11 is 0. The lowest BCUT2D eigenvalue weighted by Gasteiger charge is -1.94. The molecule has 14 heavy (non-hydrogen) atoms. The van der Waals surface area contributed by atoms with Gasteiger partial charge in [-0.15, -0.1) is 0 Å². The average molecular weight is 193 g/mol. The molecule has 0 bridgehead atoms. The zero-order valence-electron chi connectivity index (χ0n) is 8.06. The summed E-state index contributed by atoms with van der Waals surface area (Å²) in [5, 5.41) is 10.8. The lowest BCUT2D eigenvalue weighted by molar-refractivity contribution is 0.174. The van der Waals surface area contributed by atoms with Crippen LogP contribution in [0, 0.1) is 0 Å². The summed E-state index contributed by atoms with van der Waals surface area (Å²) in [6.07, 6.45) is 3.44. The maximum Gasteiger partial charge on any atom is 0.184 e. The molecule has 0 spiro atoms. The third-order valence-electron chi connectivity index (χ3n) is 1.88. The molecule has 0 amide bonds. The summed E-state index contributed by atoms with van der Waals surface area (Å²) in [4.78, 5) is 4.31. The summed E-state index contributed by atoms with van der Waals surface area (Å²) in [7, 11) is 3.47. The van der Waals surface area contributed by atoms with E-state index in [1.54, 1.807) is 24.2 Å². The van der Waals surface area contributed by atoms with Crippen molar-refractivity contribution in [3.63, 3.8) is 0 Å². The standard InChI is InChI=1S/C8H11N5O/c1-13-7(5-14-2)11-8(12-13)6-3-9-10-4-6/h3-4H,5H2,1-2H3,(H,9,10). The molecule has 0 aliphatic rings. The zero-order valence-corrected chi connectivity index (χ0v) is 8.06. The number of aryl methyl sites for hydroxylation is 1. The van der Waals surface area contributed by atoms with E-state index in [1.807, 2.05) is 7.05 Å². The Morgan fingerprint density at radius 3 is 3.07 bits per heavy atom. The van der Waals surface area contributed by atoms with Crippen molar-refractivity contribution in [3.8, 4) is 11.4 Å². The van der Waals surface area contributed by atoms with Crippen molar-refractivity contribution in [1.29, 1.82) is 0 Å². The first-order valence-electron chi connectivity index (χ1n) is 4.19. The van der Waals surface area contributed by atoms with Gasteiger partial charge in [0.25, 0.3) is 0 Å². The van der Waals surface area contributed by atoms with Crippen molar-refractivity contribution in [2.75, 3.05) is 7.11 Å². The molecule has 2 aromatic rings. The van der Waals surface area contributed by atoms with Crippen LogP contribution < -0.4 is 0 Å². The van der Waals surface area contributed by atoms with Gasteiger partial charge in [-0.25, -0.2) is 4.98 Å². The van der Waals surface area contributed by atoms with Crippen molar-refractivity contribution in [2.45, 2.75) is 6.61 Å². The molecular weight excluding hydrogens is 182 g/mol. The van der Waals surface area contributed by atoms with E-state index < -0.39 is 0 Å². The van der Waals surface area contributed by atoms with Crippen molar-refractivity contribution in [3.05, 3.63) is 18.2 Å². The minimum absolute atomic E-state index is 0.460. The van der Waals surface area contributed by atoms with Crippen LogP contribution in [0.2, 0.25) is 0 Å². The van der Waals surface area contributed by atoms with Gasteiger partial charge >= 0.3 is 0 Å². The van der Waals surface area contributed by atoms with E-state index in [2.05, 4.69) is 20.3 Å². The second kappa shape index (κ2) is 3.59. The Hall–Kier alpha value is -1.69. The Balaban J connectivity index is 2.33. The fourth-order valence-electron chi connectivity index (χ4n) is 1.17. The van der Waals surface area contributed by atoms with Gasteiger partial charge in [0.2, 0.25) is 0 Å². The first kappa shape index (κ1) is 8.89. The molecule has 2 aromatic heterocycles. The number of methoxy groups -OCH3 is 1. The van der Waals surface area contributed by atoms with Crippen LogP contribution in [0.5, 0.6) is 0 Å². The van der Waals surface area contributed by atoms with Crippen LogP contribution in [0.3, 0.4) is 0 Å². The van der Waals surface area contributed by atoms with Gasteiger partial charge in [0, 0.05) is 20.4 Å². The molecule has 0 fully saturated rings. The largest absolute Gasteiger partial charge is 0.377 e. The molecule has 6 nitrogen and oxygen atoms in total. The number of H-pyrrole nitrogens is 1. The van der Waals surface area contributed by atoms with Crippen molar-refractivity contribution >= 4 is 0 Å². The number of nitrogens with zero attached hydrogens (tertiary/aromatic N) is 4. The molecule has 0 atom stereocenters. The summed E-state index contributed by atoms with van der Waals surface area (Å²) in [5.74, 6) is 1.46. The van der Waals surface area contributed by atoms with Crippen LogP contribution in [0.15, 0.2) is 12.4 Å². The van der Waals surface area contributed by atoms with E-state index in [0.717, 1.165) is 11.4 Å². The monoisotopic (exact) mass is 193 g/mol. The van der Waals surface area contributed by atoms with E-state index >= 15 is 0 Å². The van der Waals surface area contributed by atoms with Gasteiger partial charge in [0.05, 0.1) is 11.8 Å². The highest BCUT2D eigenvalue weighted by atomic mass is 16.5. The Morgan fingerprint density at radius 2 is 2.43 bits per heavy atom. The minimum Gasteiger partial charge on any atom is -0.377 e. The van der Waals surface area contributed by atoms with E-state index in [0.29, 0.717) is 12.4 Å². The molecule has 2 heterocycles. The molecule has 0 radical (unpaired) electrons. The molecule has 6 heteroatoms. The van der Waals surface area contributed by atoms with Crippen LogP contribution in [-0.4, -0.2) is 32.1 Å². The first-order valence-corrected chi connectivity index (χ1v) is 4.19. The fraction of sp³-hybridized carbons (Fsp3) is 0.375. The summed E-state index contributed by atoms with van der Waals surface area (Å²) in [5.41, 5.74) is 0.878. The lowest BCUT2D eigenvalue weighted by Crippen LogP contribution is -2.00. The average Bonchev–Trinajstić information content (AvgIpc) is 2.76. The normalized spacial score (nSPS) is 10.7. The van der Waals surface area contributed by atoms with Gasteiger partial charge in [-0.1, -0.05) is 0 Å². The third-order valence-corrected chi connectivity index (χ3v) is 1.88. The molecule has 74 valence electrons. The smallest absolute Gasteiger partial charge is 0.184 e. The topological polar surface area (TPSA) is 68.6 Å². The molecule has 0 saturated carbocycles. The molecule has 0 aliphatic carbocycles. The number of aromatic amines is 1. The second-order valence-electron chi connectivity index (χ2n) is 2.90. The quantitative estimate of drug-likeness (QED) is 0.763. The van der Waals surface area contributed by atoms with Gasteiger partial charge < -0.3 is 4.74 Å². The maximum absolute atomic E-state index is 4.99. The Kier molecular flexibility index (Phi) is 2.28. The number of nitrogens with one attached hydrogen (secondary N) is 1. The van der Waals surface area contributed by atoms with Gasteiger partial charge in [-0.05, 0) is 0 Å². The van der Waals surface area contributed by atoms with Crippen LogP contribution in [-0.2, 0) is 18.4 Å². The summed E-state index contributed by atoms with van der Waals surface area (Å²) < 4.78 is 6.69. The van der Waals surface area contributed by atoms with Crippen LogP contribution >= 0.6 is 0 Å². The first-order chi connectivity index (χ1) is 6.81. The Morgan fingerprint density at radius 1 is 1.57 bits per heavy atom. The molecule has 0 unspecified atom stereocenters. The fourth-order valence-corrected chi connectivity index (χ4v) is 1.17. The SMILES string of the molecule is COCc1nc(-c2cn[nH]c2)nn1C. The zero-order chi connectivity index (χ0) is 9.97. The van der Waals surface area contributed by atoms with Gasteiger partial charge in [0.15, 0.2) is 11.6 Å². The van der Waals surface area contributed by atoms with Crippen molar-refractivity contribution in [2.24, 2.45) is 7.05 Å². The number of ether oxygens (including phenoxy) is 1. The third kappa shape index (κ3) is 1.51. The van der Waals surface area contributed by atoms with Crippen LogP contribution in [0.25, 0.3) is 11.4 Å². The number of aromatic nitrogens is 5. The van der Waals surface area contributed by atoms with E-state index in [4.69, 9.17) is 4.74 Å². The highest BCUT2D eigenvalue weighted by molar-refractivity contribution is 5.51. The molecule has 0 saturated heterocycles. The van der Waals surface area contributed by atoms with Gasteiger partial charge in [0.1, 0.15) is 6.61 Å². The van der Waals surface area contributed by atoms with Gasteiger partial charge in [-0.2, -0.15) is 10.2 Å². The highest BCUT2D eigenvalue weighted by Crippen LogP contribution is 2.12. The molecule has 1 N–H and O–H groups in total. The molecule has 0 aromatic carbocycles. The van der Waals surface area contributed by atoms with Crippen LogP contribution in [0.1, 0.15) is 5.82 Å². The molecule has 2 rings (SSSR count). The van der Waals surface area contributed by atoms with Crippen molar-refractivity contribution < 1.29 is 4.74 Å². The van der Waals surface area contributed by atoms with E-state index in [9.17, 15) is 0 Å². The van der Waals surface area contributed by atoms with Gasteiger partial charge in [-0.3, -0.25) is 9.78 Å². The molecular formula is C8H11N5O. The molecule has 0 aliphatic heterocycles. The maximum atomic E-state index is 4.99. The van der Waals surface area contributed by atoms with E-state index in [1.165, 1.54) is 0 Å². The Labute approximate surface area is 80.9 Å². The van der Waals surface area contributed by atoms with Crippen molar-refractivity contribution in [1.82, 2.24) is 25.0 Å². The summed E-state index contributed by atoms with van der Waals surface area (Å²) in [6, 6.07) is 0. The second-order valence-corrected chi connectivity index (χ2v) is 2.90. The van der Waals surface area contributed by atoms with Crippen LogP contribution in [0.4, 0.5) is 0 Å². The number of hydrogen-bond donors (Lipinski definition) is 1. The van der Waals surface area contributed by atoms with E-state index in [-0.39, 0.29) is 0 Å². The number of hydrogen-bond acceptors (Lipinski definition) is 4. The predicted molar refractivity (Wildman–Crippen MR) is 49.3 cm³/mol. The Bertz CT molecular complexity index is 405. The minimum atomic E-state index is 0.460. The summed E-state index contributed by atoms with van der Waals surface area (Å²) in [6.45, 7) is 0.460. The predicted octanol–water partition coefficient (Wildman–Crippen LogP) is 0.352. The number of rotatable bonds is 3. The lowest BCUT2D eigenvalue weighted by atomic mass is 10.3. The highest BCUT2D eigenvalue weighted by Gasteiger charge is 2.08.